The van der Waals surface area contributed by atoms with Crippen molar-refractivity contribution in [1.29, 1.82) is 0 Å². The van der Waals surface area contributed by atoms with Gasteiger partial charge in [0, 0.05) is 30.1 Å². The first kappa shape index (κ1) is 19.6. The van der Waals surface area contributed by atoms with E-state index < -0.39 is 5.60 Å². The Morgan fingerprint density at radius 2 is 2.07 bits per heavy atom. The van der Waals surface area contributed by atoms with Crippen molar-refractivity contribution in [3.63, 3.8) is 0 Å². The number of thiazole rings is 1. The Bertz CT molecular complexity index is 1070. The molecule has 0 unspecified atom stereocenters. The summed E-state index contributed by atoms with van der Waals surface area (Å²) in [6.45, 7) is 8.47. The molecule has 5 nitrogen and oxygen atoms in total. The molecule has 0 N–H and O–H groups in total. The van der Waals surface area contributed by atoms with Crippen molar-refractivity contribution in [2.45, 2.75) is 39.7 Å². The van der Waals surface area contributed by atoms with E-state index in [1.165, 1.54) is 0 Å². The number of nitrogens with zero attached hydrogens (tertiary/aromatic N) is 3. The summed E-state index contributed by atoms with van der Waals surface area (Å²) in [5.41, 5.74) is 3.29. The first-order valence-corrected chi connectivity index (χ1v) is 10.6. The van der Waals surface area contributed by atoms with Gasteiger partial charge in [-0.25, -0.2) is 9.78 Å². The number of fused-ring (bicyclic) bond motifs is 1. The van der Waals surface area contributed by atoms with Gasteiger partial charge in [-0.15, -0.1) is 11.3 Å². The minimum absolute atomic E-state index is 0.301. The summed E-state index contributed by atoms with van der Waals surface area (Å²) in [7, 11) is 0. The molecule has 1 atom stereocenters. The highest BCUT2D eigenvalue weighted by atomic mass is 32.1. The molecule has 6 heteroatoms. The van der Waals surface area contributed by atoms with Crippen LogP contribution in [0.15, 0.2) is 48.8 Å². The SMILES string of the molecule is C[C@H]1CC=C(c2ccc3sc(-c4cccnc4)nc3c2)N(C(=O)OC(C)(C)C)C1. The third-order valence-electron chi connectivity index (χ3n) is 4.70. The maximum absolute atomic E-state index is 12.8. The van der Waals surface area contributed by atoms with E-state index in [0.29, 0.717) is 12.5 Å². The van der Waals surface area contributed by atoms with Gasteiger partial charge in [0.05, 0.1) is 15.9 Å². The summed E-state index contributed by atoms with van der Waals surface area (Å²) in [6, 6.07) is 10.1. The zero-order chi connectivity index (χ0) is 20.6. The molecule has 0 saturated carbocycles. The lowest BCUT2D eigenvalue weighted by atomic mass is 9.98. The van der Waals surface area contributed by atoms with Crippen LogP contribution >= 0.6 is 11.3 Å². The lowest BCUT2D eigenvalue weighted by Gasteiger charge is -2.33. The molecule has 150 valence electrons. The number of carbonyl (C=O) groups is 1. The van der Waals surface area contributed by atoms with Crippen molar-refractivity contribution in [2.75, 3.05) is 6.54 Å². The molecule has 1 amide bonds. The fourth-order valence-corrected chi connectivity index (χ4v) is 4.31. The normalized spacial score (nSPS) is 17.3. The van der Waals surface area contributed by atoms with Crippen LogP contribution in [0, 0.1) is 5.92 Å². The van der Waals surface area contributed by atoms with E-state index in [1.54, 1.807) is 22.4 Å². The van der Waals surface area contributed by atoms with E-state index in [0.717, 1.165) is 38.5 Å². The van der Waals surface area contributed by atoms with E-state index in [2.05, 4.69) is 36.2 Å². The number of benzene rings is 1. The number of allylic oxidation sites excluding steroid dienone is 1. The number of aromatic nitrogens is 2. The first-order valence-electron chi connectivity index (χ1n) is 9.82. The van der Waals surface area contributed by atoms with Crippen molar-refractivity contribution in [3.05, 3.63) is 54.4 Å². The predicted octanol–water partition coefficient (Wildman–Crippen LogP) is 5.98. The van der Waals surface area contributed by atoms with E-state index in [1.807, 2.05) is 39.1 Å². The van der Waals surface area contributed by atoms with Crippen LogP contribution < -0.4 is 0 Å². The molecule has 29 heavy (non-hydrogen) atoms. The van der Waals surface area contributed by atoms with Crippen molar-refractivity contribution in [1.82, 2.24) is 14.9 Å². The highest BCUT2D eigenvalue weighted by Gasteiger charge is 2.29. The third kappa shape index (κ3) is 4.32. The van der Waals surface area contributed by atoms with Crippen LogP contribution in [0.3, 0.4) is 0 Å². The van der Waals surface area contributed by atoms with Crippen LogP contribution in [0.2, 0.25) is 0 Å². The van der Waals surface area contributed by atoms with Crippen molar-refractivity contribution >= 4 is 33.3 Å². The van der Waals surface area contributed by atoms with E-state index in [-0.39, 0.29) is 6.09 Å². The maximum Gasteiger partial charge on any atom is 0.414 e. The lowest BCUT2D eigenvalue weighted by molar-refractivity contribution is 0.0327. The molecule has 1 aliphatic heterocycles. The Morgan fingerprint density at radius 3 is 2.79 bits per heavy atom. The second kappa shape index (κ2) is 7.59. The fraction of sp³-hybridized carbons (Fsp3) is 0.348. The van der Waals surface area contributed by atoms with Gasteiger partial charge >= 0.3 is 6.09 Å². The van der Waals surface area contributed by atoms with Crippen LogP contribution in [0.4, 0.5) is 4.79 Å². The second-order valence-electron chi connectivity index (χ2n) is 8.46. The number of ether oxygens (including phenoxy) is 1. The average Bonchev–Trinajstić information content (AvgIpc) is 3.10. The molecule has 1 aliphatic rings. The number of pyridine rings is 1. The smallest absolute Gasteiger partial charge is 0.414 e. The molecule has 0 fully saturated rings. The predicted molar refractivity (Wildman–Crippen MR) is 118 cm³/mol. The van der Waals surface area contributed by atoms with Crippen molar-refractivity contribution in [2.24, 2.45) is 5.92 Å². The molecule has 1 aromatic carbocycles. The van der Waals surface area contributed by atoms with Gasteiger partial charge in [-0.1, -0.05) is 19.1 Å². The third-order valence-corrected chi connectivity index (χ3v) is 5.79. The van der Waals surface area contributed by atoms with E-state index in [4.69, 9.17) is 9.72 Å². The molecule has 0 aliphatic carbocycles. The summed E-state index contributed by atoms with van der Waals surface area (Å²) >= 11 is 1.65. The molecule has 0 spiro atoms. The maximum atomic E-state index is 12.8. The van der Waals surface area contributed by atoms with E-state index in [9.17, 15) is 4.79 Å². The number of carbonyl (C=O) groups excluding carboxylic acids is 1. The number of amides is 1. The molecule has 0 bridgehead atoms. The minimum atomic E-state index is -0.527. The van der Waals surface area contributed by atoms with Crippen LogP contribution in [0.5, 0.6) is 0 Å². The quantitative estimate of drug-likeness (QED) is 0.525. The van der Waals surface area contributed by atoms with Crippen LogP contribution in [0.1, 0.15) is 39.7 Å². The molecule has 4 rings (SSSR count). The van der Waals surface area contributed by atoms with Gasteiger partial charge in [-0.2, -0.15) is 0 Å². The molecule has 3 heterocycles. The van der Waals surface area contributed by atoms with Gasteiger partial charge < -0.3 is 4.74 Å². The molecule has 0 saturated heterocycles. The minimum Gasteiger partial charge on any atom is -0.443 e. The number of rotatable bonds is 2. The standard InChI is InChI=1S/C23H25N3O2S/c1-15-7-9-19(26(14-15)22(27)28-23(2,3)4)16-8-10-20-18(12-16)25-21(29-20)17-6-5-11-24-13-17/h5-6,8-13,15H,7,14H2,1-4H3/t15-/m0/s1. The van der Waals surface area contributed by atoms with E-state index >= 15 is 0 Å². The summed E-state index contributed by atoms with van der Waals surface area (Å²) in [4.78, 5) is 23.6. The summed E-state index contributed by atoms with van der Waals surface area (Å²) in [6.07, 6.45) is 6.35. The number of hydrogen-bond donors (Lipinski definition) is 0. The molecule has 0 radical (unpaired) electrons. The largest absolute Gasteiger partial charge is 0.443 e. The zero-order valence-corrected chi connectivity index (χ0v) is 18.0. The Labute approximate surface area is 175 Å². The lowest BCUT2D eigenvalue weighted by Crippen LogP contribution is -2.39. The molecule has 3 aromatic rings. The van der Waals surface area contributed by atoms with Gasteiger partial charge in [0.2, 0.25) is 0 Å². The number of hydrogen-bond acceptors (Lipinski definition) is 5. The second-order valence-corrected chi connectivity index (χ2v) is 9.50. The van der Waals surface area contributed by atoms with Gasteiger partial charge in [0.1, 0.15) is 10.6 Å². The molecular formula is C23H25N3O2S. The van der Waals surface area contributed by atoms with Crippen LogP contribution in [-0.2, 0) is 4.74 Å². The first-order chi connectivity index (χ1) is 13.8. The van der Waals surface area contributed by atoms with Gasteiger partial charge in [0.25, 0.3) is 0 Å². The van der Waals surface area contributed by atoms with Crippen LogP contribution in [0.25, 0.3) is 26.5 Å². The Kier molecular flexibility index (Phi) is 5.13. The van der Waals surface area contributed by atoms with Gasteiger partial charge in [-0.3, -0.25) is 9.88 Å². The Morgan fingerprint density at radius 1 is 1.24 bits per heavy atom. The molecular weight excluding hydrogens is 382 g/mol. The highest BCUT2D eigenvalue weighted by Crippen LogP contribution is 2.34. The summed E-state index contributed by atoms with van der Waals surface area (Å²) in [5, 5.41) is 0.945. The van der Waals surface area contributed by atoms with Gasteiger partial charge in [-0.05, 0) is 57.4 Å². The average molecular weight is 408 g/mol. The highest BCUT2D eigenvalue weighted by molar-refractivity contribution is 7.21. The van der Waals surface area contributed by atoms with Crippen LogP contribution in [-0.4, -0.2) is 33.1 Å². The molecule has 2 aromatic heterocycles. The monoisotopic (exact) mass is 407 g/mol. The zero-order valence-electron chi connectivity index (χ0n) is 17.2. The van der Waals surface area contributed by atoms with Gasteiger partial charge in [0.15, 0.2) is 0 Å². The van der Waals surface area contributed by atoms with Crippen molar-refractivity contribution in [3.8, 4) is 10.6 Å². The summed E-state index contributed by atoms with van der Waals surface area (Å²) < 4.78 is 6.76. The Balaban J connectivity index is 1.69. The fourth-order valence-electron chi connectivity index (χ4n) is 3.37. The topological polar surface area (TPSA) is 55.3 Å². The summed E-state index contributed by atoms with van der Waals surface area (Å²) in [5.74, 6) is 0.395. The Hall–Kier alpha value is -2.73. The van der Waals surface area contributed by atoms with Crippen molar-refractivity contribution < 1.29 is 9.53 Å².